The van der Waals surface area contributed by atoms with Crippen LogP contribution >= 0.6 is 0 Å². The fourth-order valence-corrected chi connectivity index (χ4v) is 4.66. The lowest BCUT2D eigenvalue weighted by Crippen LogP contribution is -2.46. The van der Waals surface area contributed by atoms with E-state index in [0.29, 0.717) is 11.1 Å². The van der Waals surface area contributed by atoms with Crippen LogP contribution in [0.15, 0.2) is 24.8 Å². The van der Waals surface area contributed by atoms with Gasteiger partial charge in [-0.2, -0.15) is 0 Å². The Morgan fingerprint density at radius 3 is 2.42 bits per heavy atom. The van der Waals surface area contributed by atoms with Gasteiger partial charge in [-0.3, -0.25) is 0 Å². The molecule has 1 fully saturated rings. The molecule has 2 heteroatoms. The minimum Gasteiger partial charge on any atom is -0.413 e. The summed E-state index contributed by atoms with van der Waals surface area (Å²) < 4.78 is 6.71. The Hall–Kier alpha value is -0.343. The highest BCUT2D eigenvalue weighted by molar-refractivity contribution is 6.74. The molecule has 0 radical (unpaired) electrons. The van der Waals surface area contributed by atoms with E-state index in [-0.39, 0.29) is 0 Å². The average Bonchev–Trinajstić information content (AvgIpc) is 2.88. The second kappa shape index (κ2) is 5.21. The molecule has 0 N–H and O–H groups in total. The smallest absolute Gasteiger partial charge is 0.192 e. The van der Waals surface area contributed by atoms with Crippen molar-refractivity contribution in [2.24, 2.45) is 17.8 Å². The molecule has 0 amide bonds. The number of fused-ring (bicyclic) bond motifs is 2. The third-order valence-electron chi connectivity index (χ3n) is 5.46. The molecule has 0 unspecified atom stereocenters. The summed E-state index contributed by atoms with van der Waals surface area (Å²) >= 11 is 0. The molecule has 1 saturated carbocycles. The van der Waals surface area contributed by atoms with E-state index in [2.05, 4.69) is 52.6 Å². The summed E-state index contributed by atoms with van der Waals surface area (Å²) in [6, 6.07) is 0. The topological polar surface area (TPSA) is 9.23 Å². The molecule has 108 valence electrons. The first-order valence-corrected chi connectivity index (χ1v) is 10.6. The number of rotatable bonds is 5. The third kappa shape index (κ3) is 3.05. The van der Waals surface area contributed by atoms with E-state index < -0.39 is 8.32 Å². The monoisotopic (exact) mass is 278 g/mol. The third-order valence-corrected chi connectivity index (χ3v) is 9.96. The molecule has 0 aromatic rings. The molecular weight excluding hydrogens is 248 g/mol. The molecule has 0 aliphatic heterocycles. The number of allylic oxidation sites excluding steroid dienone is 2. The summed E-state index contributed by atoms with van der Waals surface area (Å²) in [5.41, 5.74) is 0. The predicted octanol–water partition coefficient (Wildman–Crippen LogP) is 5.17. The molecule has 2 rings (SSSR count). The lowest BCUT2D eigenvalue weighted by molar-refractivity contribution is 0.105. The SMILES string of the molecule is C=CC[C@@H](O[Si](C)(C)C(C)(C)C)[C@H]1C[C@H]2C=C[C@@H]1C2. The maximum atomic E-state index is 6.71. The molecule has 1 nitrogen and oxygen atoms in total. The zero-order valence-electron chi connectivity index (χ0n) is 13.3. The van der Waals surface area contributed by atoms with Crippen LogP contribution in [0, 0.1) is 17.8 Å². The van der Waals surface area contributed by atoms with Crippen molar-refractivity contribution < 1.29 is 4.43 Å². The van der Waals surface area contributed by atoms with Crippen molar-refractivity contribution in [2.75, 3.05) is 0 Å². The highest BCUT2D eigenvalue weighted by atomic mass is 28.4. The molecule has 2 aliphatic rings. The van der Waals surface area contributed by atoms with Crippen molar-refractivity contribution >= 4 is 8.32 Å². The van der Waals surface area contributed by atoms with Gasteiger partial charge in [0.25, 0.3) is 0 Å². The van der Waals surface area contributed by atoms with Gasteiger partial charge in [-0.1, -0.05) is 39.0 Å². The van der Waals surface area contributed by atoms with Crippen LogP contribution in [0.25, 0.3) is 0 Å². The van der Waals surface area contributed by atoms with Crippen molar-refractivity contribution in [1.82, 2.24) is 0 Å². The molecule has 2 aliphatic carbocycles. The van der Waals surface area contributed by atoms with Gasteiger partial charge in [-0.15, -0.1) is 6.58 Å². The van der Waals surface area contributed by atoms with Crippen LogP contribution in [0.2, 0.25) is 18.1 Å². The van der Waals surface area contributed by atoms with Gasteiger partial charge in [0, 0.05) is 0 Å². The Kier molecular flexibility index (Phi) is 4.13. The molecule has 0 spiro atoms. The van der Waals surface area contributed by atoms with Crippen LogP contribution in [0.4, 0.5) is 0 Å². The summed E-state index contributed by atoms with van der Waals surface area (Å²) in [7, 11) is -1.67. The van der Waals surface area contributed by atoms with E-state index in [1.807, 2.05) is 6.08 Å². The molecule has 4 atom stereocenters. The lowest BCUT2D eigenvalue weighted by Gasteiger charge is -2.42. The standard InChI is InChI=1S/C17H30OSi/c1-7-8-16(18-19(5,6)17(2,3)4)15-12-13-9-10-14(15)11-13/h7,9-10,13-16H,1,8,11-12H2,2-6H3/t13-,14+,15-,16+/m0/s1. The molecule has 2 bridgehead atoms. The molecular formula is C17H30OSi. The van der Waals surface area contributed by atoms with Gasteiger partial charge in [0.05, 0.1) is 6.10 Å². The van der Waals surface area contributed by atoms with Crippen LogP contribution < -0.4 is 0 Å². The maximum Gasteiger partial charge on any atom is 0.192 e. The zero-order chi connectivity index (χ0) is 14.3. The Morgan fingerprint density at radius 2 is 2.00 bits per heavy atom. The summed E-state index contributed by atoms with van der Waals surface area (Å²) in [6.45, 7) is 15.7. The van der Waals surface area contributed by atoms with Gasteiger partial charge in [0.1, 0.15) is 0 Å². The average molecular weight is 279 g/mol. The highest BCUT2D eigenvalue weighted by Gasteiger charge is 2.45. The Bertz CT molecular complexity index is 364. The Morgan fingerprint density at radius 1 is 1.32 bits per heavy atom. The minimum absolute atomic E-state index is 0.292. The van der Waals surface area contributed by atoms with Gasteiger partial charge in [0.15, 0.2) is 8.32 Å². The van der Waals surface area contributed by atoms with Crippen molar-refractivity contribution in [3.8, 4) is 0 Å². The normalized spacial score (nSPS) is 31.7. The lowest BCUT2D eigenvalue weighted by atomic mass is 9.87. The zero-order valence-corrected chi connectivity index (χ0v) is 14.3. The van der Waals surface area contributed by atoms with Crippen molar-refractivity contribution in [1.29, 1.82) is 0 Å². The van der Waals surface area contributed by atoms with Crippen LogP contribution in [-0.4, -0.2) is 14.4 Å². The van der Waals surface area contributed by atoms with Gasteiger partial charge < -0.3 is 4.43 Å². The van der Waals surface area contributed by atoms with E-state index in [0.717, 1.165) is 24.2 Å². The Balaban J connectivity index is 2.09. The van der Waals surface area contributed by atoms with E-state index in [9.17, 15) is 0 Å². The second-order valence-electron chi connectivity index (χ2n) is 7.89. The highest BCUT2D eigenvalue weighted by Crippen LogP contribution is 2.48. The van der Waals surface area contributed by atoms with Crippen molar-refractivity contribution in [3.63, 3.8) is 0 Å². The van der Waals surface area contributed by atoms with E-state index in [1.165, 1.54) is 12.8 Å². The van der Waals surface area contributed by atoms with Crippen molar-refractivity contribution in [3.05, 3.63) is 24.8 Å². The maximum absolute atomic E-state index is 6.71. The van der Waals surface area contributed by atoms with Gasteiger partial charge in [0.2, 0.25) is 0 Å². The fraction of sp³-hybridized carbons (Fsp3) is 0.765. The molecule has 0 saturated heterocycles. The van der Waals surface area contributed by atoms with Gasteiger partial charge in [-0.05, 0) is 55.1 Å². The summed E-state index contributed by atoms with van der Waals surface area (Å²) in [6.07, 6.45) is 11.0. The first-order valence-electron chi connectivity index (χ1n) is 7.71. The first kappa shape index (κ1) is 15.1. The molecule has 0 heterocycles. The molecule has 0 aromatic heterocycles. The predicted molar refractivity (Wildman–Crippen MR) is 85.7 cm³/mol. The largest absolute Gasteiger partial charge is 0.413 e. The Labute approximate surface area is 120 Å². The number of hydrogen-bond donors (Lipinski definition) is 0. The fourth-order valence-electron chi connectivity index (χ4n) is 3.28. The summed E-state index contributed by atoms with van der Waals surface area (Å²) in [5.74, 6) is 2.31. The van der Waals surface area contributed by atoms with Crippen LogP contribution in [-0.2, 0) is 4.43 Å². The summed E-state index contributed by atoms with van der Waals surface area (Å²) in [5, 5.41) is 0.292. The van der Waals surface area contributed by atoms with Gasteiger partial charge >= 0.3 is 0 Å². The van der Waals surface area contributed by atoms with Crippen LogP contribution in [0.1, 0.15) is 40.0 Å². The van der Waals surface area contributed by atoms with Crippen LogP contribution in [0.3, 0.4) is 0 Å². The van der Waals surface area contributed by atoms with Gasteiger partial charge in [-0.25, -0.2) is 0 Å². The van der Waals surface area contributed by atoms with E-state index in [1.54, 1.807) is 0 Å². The minimum atomic E-state index is -1.67. The molecule has 19 heavy (non-hydrogen) atoms. The quantitative estimate of drug-likeness (QED) is 0.498. The number of hydrogen-bond acceptors (Lipinski definition) is 1. The molecule has 0 aromatic carbocycles. The van der Waals surface area contributed by atoms with E-state index >= 15 is 0 Å². The first-order chi connectivity index (χ1) is 8.74. The van der Waals surface area contributed by atoms with E-state index in [4.69, 9.17) is 4.43 Å². The second-order valence-corrected chi connectivity index (χ2v) is 12.6. The van der Waals surface area contributed by atoms with Crippen molar-refractivity contribution in [2.45, 2.75) is 64.3 Å². The van der Waals surface area contributed by atoms with Crippen LogP contribution in [0.5, 0.6) is 0 Å². The summed E-state index contributed by atoms with van der Waals surface area (Å²) in [4.78, 5) is 0.